The highest BCUT2D eigenvalue weighted by Gasteiger charge is 2.41. The second-order valence-electron chi connectivity index (χ2n) is 8.26. The summed E-state index contributed by atoms with van der Waals surface area (Å²) in [5.74, 6) is 0.251. The summed E-state index contributed by atoms with van der Waals surface area (Å²) in [7, 11) is 0. The van der Waals surface area contributed by atoms with Crippen LogP contribution >= 0.6 is 12.2 Å². The number of para-hydroxylation sites is 2. The zero-order valence-corrected chi connectivity index (χ0v) is 19.3. The third-order valence-electron chi connectivity index (χ3n) is 6.21. The molecule has 166 valence electrons. The Morgan fingerprint density at radius 2 is 1.76 bits per heavy atom. The van der Waals surface area contributed by atoms with Crippen LogP contribution in [0.15, 0.2) is 79.3 Å². The fourth-order valence-corrected chi connectivity index (χ4v) is 5.02. The molecule has 1 aliphatic heterocycles. The van der Waals surface area contributed by atoms with E-state index in [1.54, 1.807) is 18.5 Å². The van der Waals surface area contributed by atoms with Crippen molar-refractivity contribution in [3.8, 4) is 11.4 Å². The molecule has 1 aromatic carbocycles. The van der Waals surface area contributed by atoms with E-state index in [1.165, 1.54) is 0 Å². The Morgan fingerprint density at radius 1 is 1.00 bits per heavy atom. The number of thiocarbonyl (C=S) groups is 1. The van der Waals surface area contributed by atoms with Crippen molar-refractivity contribution in [1.82, 2.24) is 24.8 Å². The van der Waals surface area contributed by atoms with Crippen molar-refractivity contribution in [3.05, 3.63) is 107 Å². The number of nitrogens with one attached hydrogen (secondary N) is 1. The van der Waals surface area contributed by atoms with E-state index in [0.29, 0.717) is 11.7 Å². The summed E-state index contributed by atoms with van der Waals surface area (Å²) in [5, 5.41) is 14.7. The molecule has 0 aliphatic carbocycles. The number of phenols is 1. The van der Waals surface area contributed by atoms with Gasteiger partial charge in [-0.05, 0) is 79.7 Å². The Morgan fingerprint density at radius 3 is 2.48 bits per heavy atom. The van der Waals surface area contributed by atoms with E-state index in [2.05, 4.69) is 44.7 Å². The largest absolute Gasteiger partial charge is 0.506 e. The molecule has 2 unspecified atom stereocenters. The number of nitrogens with zero attached hydrogens (tertiary/aromatic N) is 4. The molecule has 4 aromatic rings. The van der Waals surface area contributed by atoms with Crippen molar-refractivity contribution in [2.75, 3.05) is 0 Å². The number of aromatic hydroxyl groups is 1. The molecular weight excluding hydrogens is 430 g/mol. The quantitative estimate of drug-likeness (QED) is 0.423. The van der Waals surface area contributed by atoms with Gasteiger partial charge in [0.2, 0.25) is 0 Å². The third kappa shape index (κ3) is 3.85. The van der Waals surface area contributed by atoms with Gasteiger partial charge in [-0.3, -0.25) is 9.97 Å². The Labute approximate surface area is 198 Å². The van der Waals surface area contributed by atoms with Gasteiger partial charge in [-0.15, -0.1) is 0 Å². The molecular formula is C26H25N5OS. The first-order valence-corrected chi connectivity index (χ1v) is 11.3. The van der Waals surface area contributed by atoms with E-state index in [0.717, 1.165) is 33.9 Å². The minimum absolute atomic E-state index is 0.0635. The summed E-state index contributed by atoms with van der Waals surface area (Å²) in [5.41, 5.74) is 6.09. The maximum absolute atomic E-state index is 10.5. The number of pyridine rings is 2. The van der Waals surface area contributed by atoms with E-state index in [4.69, 9.17) is 12.2 Å². The standard InChI is InChI=1S/C26H25N5OS/c1-17-15-20(18(2)31(17)22-8-3-4-9-23(22)32)25-24(21-7-5-6-12-28-21)29-26(33)30(25)16-19-10-13-27-14-11-19/h3-15,24-25,32H,16H2,1-2H3,(H,29,33). The summed E-state index contributed by atoms with van der Waals surface area (Å²) in [6, 6.07) is 19.4. The fourth-order valence-electron chi connectivity index (χ4n) is 4.71. The fraction of sp³-hybridized carbons (Fsp3) is 0.192. The molecule has 0 radical (unpaired) electrons. The van der Waals surface area contributed by atoms with Crippen LogP contribution in [0, 0.1) is 13.8 Å². The number of hydrogen-bond donors (Lipinski definition) is 2. The maximum Gasteiger partial charge on any atom is 0.170 e. The molecule has 2 atom stereocenters. The summed E-state index contributed by atoms with van der Waals surface area (Å²) in [4.78, 5) is 11.0. The normalized spacial score (nSPS) is 17.9. The highest BCUT2D eigenvalue weighted by Crippen LogP contribution is 2.42. The highest BCUT2D eigenvalue weighted by atomic mass is 32.1. The second kappa shape index (κ2) is 8.67. The van der Waals surface area contributed by atoms with Crippen LogP contribution in [-0.2, 0) is 6.54 Å². The molecule has 0 spiro atoms. The van der Waals surface area contributed by atoms with E-state index in [1.807, 2.05) is 54.7 Å². The predicted octanol–water partition coefficient (Wildman–Crippen LogP) is 4.76. The molecule has 1 fully saturated rings. The van der Waals surface area contributed by atoms with Gasteiger partial charge in [0, 0.05) is 36.5 Å². The number of aryl methyl sites for hydroxylation is 1. The smallest absolute Gasteiger partial charge is 0.170 e. The Hall–Kier alpha value is -3.71. The van der Waals surface area contributed by atoms with Crippen molar-refractivity contribution in [2.24, 2.45) is 0 Å². The molecule has 1 saturated heterocycles. The van der Waals surface area contributed by atoms with Crippen LogP contribution in [0.25, 0.3) is 5.69 Å². The van der Waals surface area contributed by atoms with E-state index in [9.17, 15) is 5.11 Å². The van der Waals surface area contributed by atoms with Gasteiger partial charge in [-0.1, -0.05) is 18.2 Å². The van der Waals surface area contributed by atoms with Crippen molar-refractivity contribution in [3.63, 3.8) is 0 Å². The lowest BCUT2D eigenvalue weighted by atomic mass is 9.96. The lowest BCUT2D eigenvalue weighted by molar-refractivity contribution is 0.310. The first-order chi connectivity index (χ1) is 16.0. The van der Waals surface area contributed by atoms with Crippen LogP contribution in [-0.4, -0.2) is 29.7 Å². The molecule has 5 rings (SSSR count). The van der Waals surface area contributed by atoms with Gasteiger partial charge in [0.15, 0.2) is 5.11 Å². The van der Waals surface area contributed by atoms with Gasteiger partial charge in [-0.2, -0.15) is 0 Å². The van der Waals surface area contributed by atoms with Crippen LogP contribution in [0.2, 0.25) is 0 Å². The maximum atomic E-state index is 10.5. The van der Waals surface area contributed by atoms with Gasteiger partial charge in [-0.25, -0.2) is 0 Å². The highest BCUT2D eigenvalue weighted by molar-refractivity contribution is 7.80. The van der Waals surface area contributed by atoms with Gasteiger partial charge in [0.1, 0.15) is 5.75 Å². The number of aromatic nitrogens is 3. The number of hydrogen-bond acceptors (Lipinski definition) is 4. The lowest BCUT2D eigenvalue weighted by Gasteiger charge is -2.28. The Balaban J connectivity index is 1.63. The van der Waals surface area contributed by atoms with Gasteiger partial charge < -0.3 is 19.9 Å². The molecule has 0 amide bonds. The molecule has 1 aliphatic rings. The summed E-state index contributed by atoms with van der Waals surface area (Å²) < 4.78 is 2.10. The molecule has 0 saturated carbocycles. The van der Waals surface area contributed by atoms with Crippen LogP contribution in [0.3, 0.4) is 0 Å². The number of phenolic OH excluding ortho intramolecular Hbond substituents is 1. The molecule has 2 N–H and O–H groups in total. The third-order valence-corrected chi connectivity index (χ3v) is 6.56. The lowest BCUT2D eigenvalue weighted by Crippen LogP contribution is -2.29. The van der Waals surface area contributed by atoms with Gasteiger partial charge >= 0.3 is 0 Å². The average Bonchev–Trinajstić information content (AvgIpc) is 3.30. The minimum Gasteiger partial charge on any atom is -0.506 e. The zero-order chi connectivity index (χ0) is 22.9. The van der Waals surface area contributed by atoms with Crippen LogP contribution in [0.4, 0.5) is 0 Å². The Bertz CT molecular complexity index is 1290. The number of benzene rings is 1. The molecule has 33 heavy (non-hydrogen) atoms. The SMILES string of the molecule is Cc1cc(C2C(c3ccccn3)NC(=S)N2Cc2ccncc2)c(C)n1-c1ccccc1O. The number of rotatable bonds is 5. The molecule has 0 bridgehead atoms. The summed E-state index contributed by atoms with van der Waals surface area (Å²) >= 11 is 5.82. The Kier molecular flexibility index (Phi) is 5.56. The molecule has 3 aromatic heterocycles. The van der Waals surface area contributed by atoms with Crippen LogP contribution in [0.1, 0.15) is 40.3 Å². The minimum atomic E-state index is -0.0983. The monoisotopic (exact) mass is 455 g/mol. The van der Waals surface area contributed by atoms with E-state index < -0.39 is 0 Å². The van der Waals surface area contributed by atoms with E-state index >= 15 is 0 Å². The topological polar surface area (TPSA) is 66.2 Å². The second-order valence-corrected chi connectivity index (χ2v) is 8.65. The van der Waals surface area contributed by atoms with Gasteiger partial charge in [0.05, 0.1) is 23.5 Å². The van der Waals surface area contributed by atoms with Crippen molar-refractivity contribution in [1.29, 1.82) is 0 Å². The van der Waals surface area contributed by atoms with Crippen LogP contribution in [0.5, 0.6) is 5.75 Å². The van der Waals surface area contributed by atoms with E-state index in [-0.39, 0.29) is 17.8 Å². The zero-order valence-electron chi connectivity index (χ0n) is 18.5. The molecule has 7 heteroatoms. The van der Waals surface area contributed by atoms with Crippen molar-refractivity contribution < 1.29 is 5.11 Å². The first kappa shape index (κ1) is 21.2. The van der Waals surface area contributed by atoms with Crippen molar-refractivity contribution in [2.45, 2.75) is 32.5 Å². The summed E-state index contributed by atoms with van der Waals surface area (Å²) in [6.07, 6.45) is 5.42. The summed E-state index contributed by atoms with van der Waals surface area (Å²) in [6.45, 7) is 4.81. The first-order valence-electron chi connectivity index (χ1n) is 10.9. The molecule has 6 nitrogen and oxygen atoms in total. The van der Waals surface area contributed by atoms with Crippen LogP contribution < -0.4 is 5.32 Å². The van der Waals surface area contributed by atoms with Gasteiger partial charge in [0.25, 0.3) is 0 Å². The van der Waals surface area contributed by atoms with Crippen molar-refractivity contribution >= 4 is 17.3 Å². The molecule has 4 heterocycles. The predicted molar refractivity (Wildman–Crippen MR) is 132 cm³/mol. The average molecular weight is 456 g/mol.